The van der Waals surface area contributed by atoms with Gasteiger partial charge in [0.25, 0.3) is 0 Å². The lowest BCUT2D eigenvalue weighted by Gasteiger charge is -2.08. The molecule has 2 rings (SSSR count). The monoisotopic (exact) mass is 337 g/mol. The highest BCUT2D eigenvalue weighted by atomic mass is 79.9. The number of nitriles is 1. The topological polar surface area (TPSA) is 33.0 Å². The quantitative estimate of drug-likeness (QED) is 0.741. The van der Waals surface area contributed by atoms with Gasteiger partial charge >= 0.3 is 0 Å². The molecule has 0 aliphatic carbocycles. The van der Waals surface area contributed by atoms with Crippen LogP contribution in [0.15, 0.2) is 45.8 Å². The smallest absolute Gasteiger partial charge is 0.181 e. The van der Waals surface area contributed by atoms with Gasteiger partial charge in [-0.25, -0.2) is 4.39 Å². The second-order valence-corrected chi connectivity index (χ2v) is 5.30. The van der Waals surface area contributed by atoms with E-state index in [4.69, 9.17) is 10.00 Å². The molecule has 0 amide bonds. The minimum Gasteiger partial charge on any atom is -0.454 e. The van der Waals surface area contributed by atoms with Gasteiger partial charge in [-0.3, -0.25) is 0 Å². The number of nitrogens with zero attached hydrogens (tertiary/aromatic N) is 1. The molecule has 0 aromatic heterocycles. The van der Waals surface area contributed by atoms with Gasteiger partial charge in [0.05, 0.1) is 10.0 Å². The van der Waals surface area contributed by atoms with Crippen molar-refractivity contribution in [1.82, 2.24) is 0 Å². The Labute approximate surface area is 123 Å². The van der Waals surface area contributed by atoms with E-state index in [2.05, 4.69) is 15.9 Å². The van der Waals surface area contributed by atoms with E-state index in [1.807, 2.05) is 24.5 Å². The van der Waals surface area contributed by atoms with Gasteiger partial charge in [-0.05, 0) is 58.6 Å². The molecular formula is C14H9BrFNOS. The first-order valence-electron chi connectivity index (χ1n) is 5.35. The maximum Gasteiger partial charge on any atom is 0.181 e. The molecular weight excluding hydrogens is 329 g/mol. The predicted molar refractivity (Wildman–Crippen MR) is 77.1 cm³/mol. The molecule has 0 spiro atoms. The zero-order chi connectivity index (χ0) is 13.8. The minimum atomic E-state index is -0.576. The Hall–Kier alpha value is -1.51. The highest BCUT2D eigenvalue weighted by molar-refractivity contribution is 9.10. The van der Waals surface area contributed by atoms with Crippen molar-refractivity contribution >= 4 is 27.7 Å². The number of rotatable bonds is 3. The van der Waals surface area contributed by atoms with Crippen LogP contribution in [0.5, 0.6) is 11.5 Å². The van der Waals surface area contributed by atoms with Crippen LogP contribution in [0, 0.1) is 17.1 Å². The summed E-state index contributed by atoms with van der Waals surface area (Å²) in [5.74, 6) is 0.0593. The molecule has 0 radical (unpaired) electrons. The molecule has 2 aromatic rings. The highest BCUT2D eigenvalue weighted by Crippen LogP contribution is 2.32. The van der Waals surface area contributed by atoms with Crippen molar-refractivity contribution in [2.24, 2.45) is 0 Å². The second kappa shape index (κ2) is 6.09. The first-order chi connectivity index (χ1) is 9.15. The molecule has 2 nitrogen and oxygen atoms in total. The Kier molecular flexibility index (Phi) is 4.46. The second-order valence-electron chi connectivity index (χ2n) is 3.63. The fraction of sp³-hybridized carbons (Fsp3) is 0.0714. The van der Waals surface area contributed by atoms with E-state index in [9.17, 15) is 4.39 Å². The summed E-state index contributed by atoms with van der Waals surface area (Å²) in [5, 5.41) is 8.79. The third-order valence-electron chi connectivity index (χ3n) is 2.45. The van der Waals surface area contributed by atoms with Crippen LogP contribution in [0.4, 0.5) is 4.39 Å². The van der Waals surface area contributed by atoms with Gasteiger partial charge in [-0.2, -0.15) is 5.26 Å². The molecule has 19 heavy (non-hydrogen) atoms. The van der Waals surface area contributed by atoms with Crippen molar-refractivity contribution < 1.29 is 9.13 Å². The molecule has 0 aliphatic rings. The lowest BCUT2D eigenvalue weighted by atomic mass is 10.2. The molecule has 0 heterocycles. The van der Waals surface area contributed by atoms with E-state index >= 15 is 0 Å². The van der Waals surface area contributed by atoms with Crippen molar-refractivity contribution in [3.63, 3.8) is 0 Å². The Morgan fingerprint density at radius 3 is 2.47 bits per heavy atom. The zero-order valence-electron chi connectivity index (χ0n) is 9.98. The van der Waals surface area contributed by atoms with Gasteiger partial charge < -0.3 is 4.74 Å². The van der Waals surface area contributed by atoms with Gasteiger partial charge in [-0.1, -0.05) is 0 Å². The Bertz CT molecular complexity index is 637. The molecule has 2 aromatic carbocycles. The normalized spacial score (nSPS) is 10.0. The van der Waals surface area contributed by atoms with Gasteiger partial charge in [-0.15, -0.1) is 11.8 Å². The van der Waals surface area contributed by atoms with Crippen molar-refractivity contribution in [2.75, 3.05) is 6.26 Å². The summed E-state index contributed by atoms with van der Waals surface area (Å²) in [6.07, 6.45) is 1.98. The third kappa shape index (κ3) is 3.09. The van der Waals surface area contributed by atoms with E-state index in [0.717, 1.165) is 4.90 Å². The van der Waals surface area contributed by atoms with Crippen molar-refractivity contribution in [2.45, 2.75) is 4.90 Å². The molecule has 0 N–H and O–H groups in total. The minimum absolute atomic E-state index is 0.0859. The standard InChI is InChI=1S/C14H9BrFNOS/c1-19-11-5-3-10(4-6-11)18-12-7-2-9(8-17)13(15)14(12)16/h2-7H,1H3. The molecule has 0 aliphatic heterocycles. The van der Waals surface area contributed by atoms with E-state index in [-0.39, 0.29) is 15.8 Å². The number of hydrogen-bond donors (Lipinski definition) is 0. The number of halogens is 2. The lowest BCUT2D eigenvalue weighted by Crippen LogP contribution is -1.91. The molecule has 0 saturated carbocycles. The molecule has 96 valence electrons. The van der Waals surface area contributed by atoms with Crippen molar-refractivity contribution in [3.05, 3.63) is 52.3 Å². The Balaban J connectivity index is 2.28. The van der Waals surface area contributed by atoms with Crippen molar-refractivity contribution in [3.8, 4) is 17.6 Å². The molecule has 0 unspecified atom stereocenters. The molecule has 0 atom stereocenters. The van der Waals surface area contributed by atoms with E-state index < -0.39 is 5.82 Å². The first kappa shape index (κ1) is 13.9. The summed E-state index contributed by atoms with van der Waals surface area (Å²) >= 11 is 4.67. The summed E-state index contributed by atoms with van der Waals surface area (Å²) in [4.78, 5) is 1.11. The Morgan fingerprint density at radius 1 is 1.21 bits per heavy atom. The number of ether oxygens (including phenoxy) is 1. The van der Waals surface area contributed by atoms with Gasteiger partial charge in [0.15, 0.2) is 11.6 Å². The van der Waals surface area contributed by atoms with Crippen LogP contribution in [-0.2, 0) is 0 Å². The Morgan fingerprint density at radius 2 is 1.89 bits per heavy atom. The van der Waals surface area contributed by atoms with Crippen LogP contribution in [0.1, 0.15) is 5.56 Å². The summed E-state index contributed by atoms with van der Waals surface area (Å²) in [6, 6.07) is 12.2. The first-order valence-corrected chi connectivity index (χ1v) is 7.37. The van der Waals surface area contributed by atoms with Crippen LogP contribution >= 0.6 is 27.7 Å². The van der Waals surface area contributed by atoms with Crippen LogP contribution in [0.25, 0.3) is 0 Å². The highest BCUT2D eigenvalue weighted by Gasteiger charge is 2.12. The number of thioether (sulfide) groups is 1. The summed E-state index contributed by atoms with van der Waals surface area (Å²) in [7, 11) is 0. The summed E-state index contributed by atoms with van der Waals surface area (Å²) < 4.78 is 19.5. The van der Waals surface area contributed by atoms with Crippen LogP contribution < -0.4 is 4.74 Å². The predicted octanol–water partition coefficient (Wildman–Crippen LogP) is 4.97. The van der Waals surface area contributed by atoms with Crippen molar-refractivity contribution in [1.29, 1.82) is 5.26 Å². The molecule has 5 heteroatoms. The average Bonchev–Trinajstić information content (AvgIpc) is 2.45. The number of hydrogen-bond acceptors (Lipinski definition) is 3. The summed E-state index contributed by atoms with van der Waals surface area (Å²) in [6.45, 7) is 0. The molecule has 0 bridgehead atoms. The maximum atomic E-state index is 14.0. The van der Waals surface area contributed by atoms with E-state index in [1.54, 1.807) is 23.9 Å². The molecule has 0 fully saturated rings. The third-order valence-corrected chi connectivity index (χ3v) is 3.97. The zero-order valence-corrected chi connectivity index (χ0v) is 12.4. The maximum absolute atomic E-state index is 14.0. The van der Waals surface area contributed by atoms with E-state index in [1.165, 1.54) is 12.1 Å². The largest absolute Gasteiger partial charge is 0.454 e. The summed E-state index contributed by atoms with van der Waals surface area (Å²) in [5.41, 5.74) is 0.239. The SMILES string of the molecule is CSc1ccc(Oc2ccc(C#N)c(Br)c2F)cc1. The van der Waals surface area contributed by atoms with Gasteiger partial charge in [0.2, 0.25) is 0 Å². The fourth-order valence-electron chi connectivity index (χ4n) is 1.47. The van der Waals surface area contributed by atoms with Gasteiger partial charge in [0, 0.05) is 4.90 Å². The number of benzene rings is 2. The van der Waals surface area contributed by atoms with Crippen LogP contribution in [0.2, 0.25) is 0 Å². The van der Waals surface area contributed by atoms with Crippen LogP contribution in [0.3, 0.4) is 0 Å². The average molecular weight is 338 g/mol. The van der Waals surface area contributed by atoms with Gasteiger partial charge in [0.1, 0.15) is 11.8 Å². The molecule has 0 saturated heterocycles. The fourth-order valence-corrected chi connectivity index (χ4v) is 2.29. The van der Waals surface area contributed by atoms with Crippen LogP contribution in [-0.4, -0.2) is 6.26 Å². The lowest BCUT2D eigenvalue weighted by molar-refractivity contribution is 0.440. The van der Waals surface area contributed by atoms with E-state index in [0.29, 0.717) is 5.75 Å².